The molecule has 0 aliphatic carbocycles. The topological polar surface area (TPSA) is 97.2 Å². The molecule has 0 radical (unpaired) electrons. The zero-order valence-electron chi connectivity index (χ0n) is 17.5. The summed E-state index contributed by atoms with van der Waals surface area (Å²) in [6.07, 6.45) is 3.58. The molecule has 1 aromatic carbocycles. The van der Waals surface area contributed by atoms with Gasteiger partial charge in [-0.2, -0.15) is 5.26 Å². The average Bonchev–Trinajstić information content (AvgIpc) is 3.44. The Kier molecular flexibility index (Phi) is 5.60. The van der Waals surface area contributed by atoms with Crippen LogP contribution in [-0.4, -0.2) is 40.0 Å². The molecule has 2 aliphatic heterocycles. The Bertz CT molecular complexity index is 1130. The second-order valence-electron chi connectivity index (χ2n) is 7.99. The molecule has 1 saturated heterocycles. The van der Waals surface area contributed by atoms with E-state index in [1.54, 1.807) is 6.20 Å². The summed E-state index contributed by atoms with van der Waals surface area (Å²) >= 11 is 1.44. The van der Waals surface area contributed by atoms with E-state index < -0.39 is 0 Å². The lowest BCUT2D eigenvalue weighted by atomic mass is 10.1. The first-order chi connectivity index (χ1) is 15.7. The fourth-order valence-corrected chi connectivity index (χ4v) is 5.13. The molecule has 4 heterocycles. The second-order valence-corrected chi connectivity index (χ2v) is 8.96. The molecule has 0 saturated carbocycles. The summed E-state index contributed by atoms with van der Waals surface area (Å²) in [6.45, 7) is 2.83. The fraction of sp³-hybridized carbons (Fsp3) is 0.304. The van der Waals surface area contributed by atoms with Crippen molar-refractivity contribution in [3.63, 3.8) is 0 Å². The van der Waals surface area contributed by atoms with E-state index in [1.165, 1.54) is 22.5 Å². The molecular formula is C23H23N7OS. The Labute approximate surface area is 190 Å². The number of anilines is 3. The Hall–Kier alpha value is -3.64. The Morgan fingerprint density at radius 3 is 2.66 bits per heavy atom. The predicted octanol–water partition coefficient (Wildman–Crippen LogP) is 3.85. The van der Waals surface area contributed by atoms with Crippen molar-refractivity contribution in [2.24, 2.45) is 0 Å². The number of hydrogen-bond acceptors (Lipinski definition) is 7. The standard InChI is InChI=1S/C23H23N7OS/c24-12-19-21(28-20-9-3-4-10-25-20)32-23(27-19)29-11-5-8-18(15-29)26-22(31)30-13-16-6-1-2-7-17(16)14-30/h1-4,6-7,9-10,18H,5,8,11,13-15H2,(H,25,28)(H,26,31)/t18-/m1/s1. The maximum Gasteiger partial charge on any atom is 0.318 e. The number of nitrogens with zero attached hydrogens (tertiary/aromatic N) is 5. The highest BCUT2D eigenvalue weighted by atomic mass is 32.1. The monoisotopic (exact) mass is 445 g/mol. The van der Waals surface area contributed by atoms with Gasteiger partial charge < -0.3 is 20.4 Å². The molecule has 8 nitrogen and oxygen atoms in total. The Morgan fingerprint density at radius 1 is 1.16 bits per heavy atom. The van der Waals surface area contributed by atoms with Gasteiger partial charge in [-0.15, -0.1) is 0 Å². The van der Waals surface area contributed by atoms with Crippen LogP contribution in [0.25, 0.3) is 0 Å². The minimum Gasteiger partial charge on any atom is -0.346 e. The summed E-state index contributed by atoms with van der Waals surface area (Å²) in [4.78, 5) is 25.7. The van der Waals surface area contributed by atoms with Gasteiger partial charge in [-0.1, -0.05) is 41.7 Å². The normalized spacial score (nSPS) is 17.5. The molecule has 1 fully saturated rings. The van der Waals surface area contributed by atoms with E-state index >= 15 is 0 Å². The summed E-state index contributed by atoms with van der Waals surface area (Å²) in [7, 11) is 0. The molecule has 2 N–H and O–H groups in total. The van der Waals surface area contributed by atoms with Crippen LogP contribution in [0.1, 0.15) is 29.7 Å². The van der Waals surface area contributed by atoms with E-state index in [-0.39, 0.29) is 12.1 Å². The van der Waals surface area contributed by atoms with Gasteiger partial charge in [0, 0.05) is 38.4 Å². The molecule has 2 aromatic heterocycles. The molecule has 2 amide bonds. The van der Waals surface area contributed by atoms with Gasteiger partial charge in [-0.3, -0.25) is 0 Å². The first-order valence-corrected chi connectivity index (χ1v) is 11.5. The van der Waals surface area contributed by atoms with Crippen molar-refractivity contribution in [1.82, 2.24) is 20.2 Å². The number of nitriles is 1. The van der Waals surface area contributed by atoms with Crippen LogP contribution >= 0.6 is 11.3 Å². The van der Waals surface area contributed by atoms with Crippen LogP contribution in [0.3, 0.4) is 0 Å². The van der Waals surface area contributed by atoms with Crippen molar-refractivity contribution in [2.75, 3.05) is 23.3 Å². The molecule has 0 unspecified atom stereocenters. The van der Waals surface area contributed by atoms with Gasteiger partial charge in [0.2, 0.25) is 0 Å². The summed E-state index contributed by atoms with van der Waals surface area (Å²) in [5.41, 5.74) is 2.79. The van der Waals surface area contributed by atoms with Crippen LogP contribution in [0, 0.1) is 11.3 Å². The quantitative estimate of drug-likeness (QED) is 0.633. The summed E-state index contributed by atoms with van der Waals surface area (Å²) in [5.74, 6) is 0.676. The number of piperidine rings is 1. The molecular weight excluding hydrogens is 422 g/mol. The SMILES string of the molecule is N#Cc1nc(N2CCC[C@@H](NC(=O)N3Cc4ccccc4C3)C2)sc1Nc1ccccn1. The maximum absolute atomic E-state index is 12.9. The Balaban J connectivity index is 1.23. The Morgan fingerprint density at radius 2 is 1.94 bits per heavy atom. The number of nitrogens with one attached hydrogen (secondary N) is 2. The van der Waals surface area contributed by atoms with Crippen molar-refractivity contribution >= 4 is 33.3 Å². The molecule has 1 atom stereocenters. The first kappa shape index (κ1) is 20.3. The number of aromatic nitrogens is 2. The average molecular weight is 446 g/mol. The number of amides is 2. The zero-order valence-corrected chi connectivity index (χ0v) is 18.3. The lowest BCUT2D eigenvalue weighted by Crippen LogP contribution is -2.50. The maximum atomic E-state index is 12.9. The van der Waals surface area contributed by atoms with Gasteiger partial charge in [0.1, 0.15) is 16.9 Å². The van der Waals surface area contributed by atoms with Crippen molar-refractivity contribution in [3.8, 4) is 6.07 Å². The lowest BCUT2D eigenvalue weighted by Gasteiger charge is -2.33. The smallest absolute Gasteiger partial charge is 0.318 e. The zero-order chi connectivity index (χ0) is 21.9. The first-order valence-electron chi connectivity index (χ1n) is 10.7. The van der Waals surface area contributed by atoms with Gasteiger partial charge >= 0.3 is 6.03 Å². The van der Waals surface area contributed by atoms with Crippen LogP contribution < -0.4 is 15.5 Å². The molecule has 9 heteroatoms. The molecule has 32 heavy (non-hydrogen) atoms. The third-order valence-corrected chi connectivity index (χ3v) is 6.81. The second kappa shape index (κ2) is 8.85. The third kappa shape index (κ3) is 4.22. The van der Waals surface area contributed by atoms with E-state index in [0.29, 0.717) is 36.1 Å². The van der Waals surface area contributed by atoms with Crippen molar-refractivity contribution < 1.29 is 4.79 Å². The van der Waals surface area contributed by atoms with E-state index in [4.69, 9.17) is 0 Å². The van der Waals surface area contributed by atoms with E-state index in [0.717, 1.165) is 24.5 Å². The number of carbonyl (C=O) groups excluding carboxylic acids is 1. The number of hydrogen-bond donors (Lipinski definition) is 2. The van der Waals surface area contributed by atoms with Crippen LogP contribution in [0.5, 0.6) is 0 Å². The largest absolute Gasteiger partial charge is 0.346 e. The van der Waals surface area contributed by atoms with Gasteiger partial charge in [0.15, 0.2) is 10.8 Å². The van der Waals surface area contributed by atoms with Crippen LogP contribution in [0.15, 0.2) is 48.7 Å². The highest BCUT2D eigenvalue weighted by molar-refractivity contribution is 7.19. The van der Waals surface area contributed by atoms with Gasteiger partial charge in [-0.05, 0) is 36.1 Å². The summed E-state index contributed by atoms with van der Waals surface area (Å²) < 4.78 is 0. The number of urea groups is 1. The fourth-order valence-electron chi connectivity index (χ4n) is 4.17. The molecule has 2 aliphatic rings. The minimum atomic E-state index is -0.0255. The van der Waals surface area contributed by atoms with E-state index in [9.17, 15) is 10.1 Å². The molecule has 0 bridgehead atoms. The van der Waals surface area contributed by atoms with E-state index in [1.807, 2.05) is 35.2 Å². The van der Waals surface area contributed by atoms with Crippen molar-refractivity contribution in [1.29, 1.82) is 5.26 Å². The van der Waals surface area contributed by atoms with Crippen LogP contribution in [0.2, 0.25) is 0 Å². The lowest BCUT2D eigenvalue weighted by molar-refractivity contribution is 0.192. The van der Waals surface area contributed by atoms with Crippen LogP contribution in [0.4, 0.5) is 20.7 Å². The van der Waals surface area contributed by atoms with E-state index in [2.05, 4.69) is 43.7 Å². The molecule has 162 valence electrons. The molecule has 5 rings (SSSR count). The molecule has 0 spiro atoms. The highest BCUT2D eigenvalue weighted by Crippen LogP contribution is 2.34. The van der Waals surface area contributed by atoms with Crippen LogP contribution in [-0.2, 0) is 13.1 Å². The molecule has 3 aromatic rings. The number of benzene rings is 1. The number of thiazole rings is 1. The van der Waals surface area contributed by atoms with Crippen molar-refractivity contribution in [2.45, 2.75) is 32.0 Å². The minimum absolute atomic E-state index is 0.0255. The third-order valence-electron chi connectivity index (χ3n) is 5.78. The van der Waals surface area contributed by atoms with Crippen molar-refractivity contribution in [3.05, 3.63) is 65.5 Å². The number of carbonyl (C=O) groups is 1. The number of fused-ring (bicyclic) bond motifs is 1. The van der Waals surface area contributed by atoms with Gasteiger partial charge in [0.25, 0.3) is 0 Å². The highest BCUT2D eigenvalue weighted by Gasteiger charge is 2.28. The predicted molar refractivity (Wildman–Crippen MR) is 124 cm³/mol. The van der Waals surface area contributed by atoms with Gasteiger partial charge in [-0.25, -0.2) is 14.8 Å². The summed E-state index contributed by atoms with van der Waals surface area (Å²) in [5, 5.41) is 17.4. The number of rotatable bonds is 4. The number of pyridine rings is 1. The van der Waals surface area contributed by atoms with Gasteiger partial charge in [0.05, 0.1) is 0 Å². The summed E-state index contributed by atoms with van der Waals surface area (Å²) in [6, 6.07) is 16.0.